The fourth-order valence-corrected chi connectivity index (χ4v) is 3.48. The summed E-state index contributed by atoms with van der Waals surface area (Å²) in [4.78, 5) is 2.74. The average Bonchev–Trinajstić information content (AvgIpc) is 2.66. The Hall–Kier alpha value is 0.440. The van der Waals surface area contributed by atoms with E-state index in [1.165, 1.54) is 64.3 Å². The summed E-state index contributed by atoms with van der Waals surface area (Å²) in [5, 5.41) is 0. The van der Waals surface area contributed by atoms with Gasteiger partial charge in [-0.25, -0.2) is 0 Å². The number of hydrogen-bond acceptors (Lipinski definition) is 1. The van der Waals surface area contributed by atoms with E-state index < -0.39 is 0 Å². The lowest BCUT2D eigenvalue weighted by atomic mass is 9.90. The van der Waals surface area contributed by atoms with Crippen molar-refractivity contribution < 1.29 is 0 Å². The third kappa shape index (κ3) is 5.61. The SMILES string of the molecule is Br.CCCCCCCCC1(C)CCCN1C(C)C. The van der Waals surface area contributed by atoms with Gasteiger partial charge in [0.25, 0.3) is 0 Å². The van der Waals surface area contributed by atoms with Gasteiger partial charge in [0.05, 0.1) is 0 Å². The van der Waals surface area contributed by atoms with Crippen LogP contribution in [0.1, 0.15) is 85.5 Å². The Morgan fingerprint density at radius 2 is 1.67 bits per heavy atom. The fourth-order valence-electron chi connectivity index (χ4n) is 3.48. The smallest absolute Gasteiger partial charge is 0.0184 e. The van der Waals surface area contributed by atoms with Crippen LogP contribution in [0.3, 0.4) is 0 Å². The lowest BCUT2D eigenvalue weighted by molar-refractivity contribution is 0.106. The minimum absolute atomic E-state index is 0. The molecule has 0 N–H and O–H groups in total. The van der Waals surface area contributed by atoms with Crippen LogP contribution in [0.2, 0.25) is 0 Å². The molecular formula is C16H34BrN. The van der Waals surface area contributed by atoms with Crippen LogP contribution in [0.25, 0.3) is 0 Å². The zero-order valence-electron chi connectivity index (χ0n) is 13.0. The Kier molecular flexibility index (Phi) is 9.59. The summed E-state index contributed by atoms with van der Waals surface area (Å²) in [5.74, 6) is 0. The van der Waals surface area contributed by atoms with Gasteiger partial charge in [0, 0.05) is 11.6 Å². The normalized spacial score (nSPS) is 24.5. The second-order valence-corrected chi connectivity index (χ2v) is 6.41. The molecule has 18 heavy (non-hydrogen) atoms. The highest BCUT2D eigenvalue weighted by Gasteiger charge is 2.36. The Bertz CT molecular complexity index is 205. The summed E-state index contributed by atoms with van der Waals surface area (Å²) in [5.41, 5.74) is 0.513. The van der Waals surface area contributed by atoms with Gasteiger partial charge in [0.15, 0.2) is 0 Å². The van der Waals surface area contributed by atoms with Crippen molar-refractivity contribution in [1.82, 2.24) is 4.90 Å². The van der Waals surface area contributed by atoms with Crippen molar-refractivity contribution in [3.63, 3.8) is 0 Å². The zero-order valence-corrected chi connectivity index (χ0v) is 14.7. The molecule has 1 aliphatic heterocycles. The maximum atomic E-state index is 2.74. The van der Waals surface area contributed by atoms with Gasteiger partial charge >= 0.3 is 0 Å². The molecule has 0 radical (unpaired) electrons. The molecule has 1 heterocycles. The maximum Gasteiger partial charge on any atom is 0.0184 e. The van der Waals surface area contributed by atoms with Crippen molar-refractivity contribution in [1.29, 1.82) is 0 Å². The first-order chi connectivity index (χ1) is 8.10. The molecule has 0 saturated carbocycles. The summed E-state index contributed by atoms with van der Waals surface area (Å²) in [6.45, 7) is 10.8. The van der Waals surface area contributed by atoms with Gasteiger partial charge in [0.2, 0.25) is 0 Å². The Balaban J connectivity index is 0.00000289. The Morgan fingerprint density at radius 1 is 1.06 bits per heavy atom. The molecule has 1 rings (SSSR count). The predicted molar refractivity (Wildman–Crippen MR) is 87.8 cm³/mol. The van der Waals surface area contributed by atoms with Crippen LogP contribution >= 0.6 is 17.0 Å². The van der Waals surface area contributed by atoms with Gasteiger partial charge in [-0.3, -0.25) is 4.90 Å². The molecular weight excluding hydrogens is 286 g/mol. The van der Waals surface area contributed by atoms with Crippen LogP contribution in [0.4, 0.5) is 0 Å². The molecule has 0 bridgehead atoms. The monoisotopic (exact) mass is 319 g/mol. The summed E-state index contributed by atoms with van der Waals surface area (Å²) in [6, 6.07) is 0.725. The van der Waals surface area contributed by atoms with Gasteiger partial charge in [0.1, 0.15) is 0 Å². The molecule has 0 aliphatic carbocycles. The topological polar surface area (TPSA) is 3.24 Å². The molecule has 1 saturated heterocycles. The number of rotatable bonds is 8. The summed E-state index contributed by atoms with van der Waals surface area (Å²) < 4.78 is 0. The number of unbranched alkanes of at least 4 members (excludes halogenated alkanes) is 5. The highest BCUT2D eigenvalue weighted by Crippen LogP contribution is 2.35. The van der Waals surface area contributed by atoms with Gasteiger partial charge in [-0.05, 0) is 46.6 Å². The highest BCUT2D eigenvalue weighted by molar-refractivity contribution is 8.93. The third-order valence-electron chi connectivity index (χ3n) is 4.50. The van der Waals surface area contributed by atoms with Crippen LogP contribution in [0.5, 0.6) is 0 Å². The Labute approximate surface area is 125 Å². The van der Waals surface area contributed by atoms with E-state index in [0.29, 0.717) is 5.54 Å². The second-order valence-electron chi connectivity index (χ2n) is 6.41. The average molecular weight is 320 g/mol. The molecule has 1 aliphatic rings. The number of likely N-dealkylation sites (tertiary alicyclic amines) is 1. The molecule has 0 aromatic heterocycles. The summed E-state index contributed by atoms with van der Waals surface area (Å²) in [6.07, 6.45) is 12.8. The number of hydrogen-bond donors (Lipinski definition) is 0. The standard InChI is InChI=1S/C16H33N.BrH/c1-5-6-7-8-9-10-12-16(4)13-11-14-17(16)15(2)3;/h15H,5-14H2,1-4H3;1H. The molecule has 2 heteroatoms. The number of halogens is 1. The largest absolute Gasteiger partial charge is 0.296 e. The molecule has 1 fully saturated rings. The van der Waals surface area contributed by atoms with Crippen LogP contribution in [0.15, 0.2) is 0 Å². The number of nitrogens with zero attached hydrogens (tertiary/aromatic N) is 1. The molecule has 0 amide bonds. The first kappa shape index (κ1) is 18.4. The van der Waals surface area contributed by atoms with Crippen molar-refractivity contribution in [3.05, 3.63) is 0 Å². The van der Waals surface area contributed by atoms with E-state index >= 15 is 0 Å². The van der Waals surface area contributed by atoms with Gasteiger partial charge in [-0.2, -0.15) is 0 Å². The van der Waals surface area contributed by atoms with Gasteiger partial charge in [-0.1, -0.05) is 45.4 Å². The van der Waals surface area contributed by atoms with Crippen molar-refractivity contribution in [2.75, 3.05) is 6.54 Å². The fraction of sp³-hybridized carbons (Fsp3) is 1.00. The van der Waals surface area contributed by atoms with Crippen molar-refractivity contribution >= 4 is 17.0 Å². The molecule has 0 spiro atoms. The van der Waals surface area contributed by atoms with E-state index in [1.54, 1.807) is 0 Å². The lowest BCUT2D eigenvalue weighted by Gasteiger charge is -2.38. The van der Waals surface area contributed by atoms with Gasteiger partial charge in [-0.15, -0.1) is 17.0 Å². The predicted octanol–water partition coefficient (Wildman–Crippen LogP) is 5.58. The van der Waals surface area contributed by atoms with E-state index in [0.717, 1.165) is 6.04 Å². The quantitative estimate of drug-likeness (QED) is 0.528. The minimum atomic E-state index is 0. The second kappa shape index (κ2) is 9.36. The zero-order chi connectivity index (χ0) is 12.7. The summed E-state index contributed by atoms with van der Waals surface area (Å²) >= 11 is 0. The van der Waals surface area contributed by atoms with Crippen LogP contribution < -0.4 is 0 Å². The molecule has 1 nitrogen and oxygen atoms in total. The summed E-state index contributed by atoms with van der Waals surface area (Å²) in [7, 11) is 0. The molecule has 110 valence electrons. The van der Waals surface area contributed by atoms with Crippen LogP contribution in [0, 0.1) is 0 Å². The van der Waals surface area contributed by atoms with E-state index in [1.807, 2.05) is 0 Å². The van der Waals surface area contributed by atoms with Crippen molar-refractivity contribution in [3.8, 4) is 0 Å². The first-order valence-electron chi connectivity index (χ1n) is 7.87. The van der Waals surface area contributed by atoms with Crippen molar-refractivity contribution in [2.45, 2.75) is 97.1 Å². The van der Waals surface area contributed by atoms with E-state index in [-0.39, 0.29) is 17.0 Å². The lowest BCUT2D eigenvalue weighted by Crippen LogP contribution is -2.45. The van der Waals surface area contributed by atoms with Crippen LogP contribution in [-0.4, -0.2) is 23.0 Å². The minimum Gasteiger partial charge on any atom is -0.296 e. The molecule has 1 atom stereocenters. The molecule has 0 aromatic rings. The van der Waals surface area contributed by atoms with E-state index in [9.17, 15) is 0 Å². The van der Waals surface area contributed by atoms with E-state index in [2.05, 4.69) is 32.6 Å². The first-order valence-corrected chi connectivity index (χ1v) is 7.87. The van der Waals surface area contributed by atoms with Crippen LogP contribution in [-0.2, 0) is 0 Å². The highest BCUT2D eigenvalue weighted by atomic mass is 79.9. The van der Waals surface area contributed by atoms with E-state index in [4.69, 9.17) is 0 Å². The maximum absolute atomic E-state index is 2.74. The molecule has 1 unspecified atom stereocenters. The Morgan fingerprint density at radius 3 is 2.28 bits per heavy atom. The van der Waals surface area contributed by atoms with Crippen molar-refractivity contribution in [2.24, 2.45) is 0 Å². The molecule has 0 aromatic carbocycles. The third-order valence-corrected chi connectivity index (χ3v) is 4.50. The van der Waals surface area contributed by atoms with Gasteiger partial charge < -0.3 is 0 Å².